The molecular formula is C11H13Cl2N3O2. The van der Waals surface area contributed by atoms with Crippen LogP contribution in [0.4, 0.5) is 0 Å². The minimum Gasteiger partial charge on any atom is -0.468 e. The number of halogens is 2. The molecule has 1 unspecified atom stereocenters. The van der Waals surface area contributed by atoms with Crippen LogP contribution in [0.15, 0.2) is 18.5 Å². The highest BCUT2D eigenvalue weighted by atomic mass is 35.5. The highest BCUT2D eigenvalue weighted by Crippen LogP contribution is 2.25. The first-order chi connectivity index (χ1) is 8.13. The average Bonchev–Trinajstić information content (AvgIpc) is 2.72. The van der Waals surface area contributed by atoms with Crippen molar-refractivity contribution in [3.05, 3.63) is 29.0 Å². The van der Waals surface area contributed by atoms with Crippen molar-refractivity contribution in [1.29, 1.82) is 0 Å². The summed E-state index contributed by atoms with van der Waals surface area (Å²) in [7, 11) is 1.31. The van der Waals surface area contributed by atoms with Crippen molar-refractivity contribution in [3.8, 4) is 0 Å². The number of methoxy groups -OCH3 is 1. The highest BCUT2D eigenvalue weighted by molar-refractivity contribution is 6.35. The summed E-state index contributed by atoms with van der Waals surface area (Å²) >= 11 is 6.08. The third-order valence-corrected chi connectivity index (χ3v) is 2.86. The Morgan fingerprint density at radius 1 is 1.67 bits per heavy atom. The average molecular weight is 290 g/mol. The summed E-state index contributed by atoms with van der Waals surface area (Å²) in [6, 6.07) is 1.00. The first-order valence-electron chi connectivity index (χ1n) is 5.07. The molecule has 0 aliphatic carbocycles. The number of rotatable bonds is 3. The van der Waals surface area contributed by atoms with Gasteiger partial charge in [-0.1, -0.05) is 11.6 Å². The zero-order valence-corrected chi connectivity index (χ0v) is 11.2. The molecular weight excluding hydrogens is 277 g/mol. The van der Waals surface area contributed by atoms with E-state index in [1.54, 1.807) is 18.5 Å². The van der Waals surface area contributed by atoms with E-state index < -0.39 is 12.0 Å². The first-order valence-corrected chi connectivity index (χ1v) is 5.45. The Kier molecular flexibility index (Phi) is 4.95. The van der Waals surface area contributed by atoms with Gasteiger partial charge in [0.25, 0.3) is 0 Å². The maximum Gasteiger partial charge on any atom is 0.322 e. The van der Waals surface area contributed by atoms with Crippen LogP contribution in [0.1, 0.15) is 5.56 Å². The van der Waals surface area contributed by atoms with Crippen LogP contribution in [0, 0.1) is 0 Å². The molecule has 0 fully saturated rings. The van der Waals surface area contributed by atoms with Crippen LogP contribution in [0.25, 0.3) is 11.0 Å². The zero-order chi connectivity index (χ0) is 12.4. The number of nitrogens with one attached hydrogen (secondary N) is 1. The molecule has 98 valence electrons. The number of nitrogens with zero attached hydrogens (tertiary/aromatic N) is 1. The molecule has 0 spiro atoms. The molecule has 0 aromatic carbocycles. The van der Waals surface area contributed by atoms with Gasteiger partial charge in [-0.25, -0.2) is 4.98 Å². The van der Waals surface area contributed by atoms with E-state index in [2.05, 4.69) is 14.7 Å². The van der Waals surface area contributed by atoms with E-state index in [0.29, 0.717) is 17.1 Å². The third-order valence-electron chi connectivity index (χ3n) is 2.55. The van der Waals surface area contributed by atoms with E-state index in [-0.39, 0.29) is 12.4 Å². The van der Waals surface area contributed by atoms with Gasteiger partial charge in [0, 0.05) is 24.2 Å². The second-order valence-corrected chi connectivity index (χ2v) is 4.07. The van der Waals surface area contributed by atoms with Crippen molar-refractivity contribution in [1.82, 2.24) is 9.97 Å². The molecule has 2 rings (SSSR count). The molecule has 0 amide bonds. The van der Waals surface area contributed by atoms with Gasteiger partial charge in [0.1, 0.15) is 11.7 Å². The van der Waals surface area contributed by atoms with Crippen LogP contribution in [-0.4, -0.2) is 29.1 Å². The summed E-state index contributed by atoms with van der Waals surface area (Å²) in [5, 5.41) is 1.39. The van der Waals surface area contributed by atoms with E-state index in [1.807, 2.05) is 0 Å². The molecule has 0 bridgehead atoms. The molecule has 3 N–H and O–H groups in total. The number of esters is 1. The van der Waals surface area contributed by atoms with Gasteiger partial charge in [-0.05, 0) is 11.6 Å². The Balaban J connectivity index is 0.00000162. The number of fused-ring (bicyclic) bond motifs is 1. The predicted octanol–water partition coefficient (Wildman–Crippen LogP) is 1.68. The van der Waals surface area contributed by atoms with Gasteiger partial charge in [-0.2, -0.15) is 0 Å². The number of ether oxygens (including phenoxy) is 1. The van der Waals surface area contributed by atoms with Crippen LogP contribution in [0.3, 0.4) is 0 Å². The number of hydrogen-bond donors (Lipinski definition) is 2. The van der Waals surface area contributed by atoms with E-state index in [9.17, 15) is 4.79 Å². The predicted molar refractivity (Wildman–Crippen MR) is 72.0 cm³/mol. The van der Waals surface area contributed by atoms with Crippen molar-refractivity contribution in [2.45, 2.75) is 12.5 Å². The number of carbonyl (C=O) groups is 1. The first kappa shape index (κ1) is 14.8. The zero-order valence-electron chi connectivity index (χ0n) is 9.64. The van der Waals surface area contributed by atoms with E-state index in [1.165, 1.54) is 7.11 Å². The lowest BCUT2D eigenvalue weighted by atomic mass is 10.1. The van der Waals surface area contributed by atoms with E-state index in [4.69, 9.17) is 17.3 Å². The molecule has 0 aliphatic heterocycles. The molecule has 2 heterocycles. The number of carbonyl (C=O) groups excluding carboxylic acids is 1. The van der Waals surface area contributed by atoms with Gasteiger partial charge >= 0.3 is 5.97 Å². The molecule has 0 saturated carbocycles. The van der Waals surface area contributed by atoms with Gasteiger partial charge in [-0.3, -0.25) is 4.79 Å². The minimum absolute atomic E-state index is 0. The van der Waals surface area contributed by atoms with Crippen molar-refractivity contribution < 1.29 is 9.53 Å². The summed E-state index contributed by atoms with van der Waals surface area (Å²) in [6.45, 7) is 0. The normalized spacial score (nSPS) is 11.9. The van der Waals surface area contributed by atoms with Crippen LogP contribution in [-0.2, 0) is 16.0 Å². The van der Waals surface area contributed by atoms with E-state index in [0.717, 1.165) is 10.9 Å². The summed E-state index contributed by atoms with van der Waals surface area (Å²) < 4.78 is 4.58. The quantitative estimate of drug-likeness (QED) is 0.843. The molecule has 7 heteroatoms. The molecule has 2 aromatic rings. The monoisotopic (exact) mass is 289 g/mol. The smallest absolute Gasteiger partial charge is 0.322 e. The Morgan fingerprint density at radius 3 is 3.06 bits per heavy atom. The maximum atomic E-state index is 11.3. The summed E-state index contributed by atoms with van der Waals surface area (Å²) in [5.41, 5.74) is 7.25. The van der Waals surface area contributed by atoms with Gasteiger partial charge in [-0.15, -0.1) is 12.4 Å². The lowest BCUT2D eigenvalue weighted by molar-refractivity contribution is -0.142. The van der Waals surface area contributed by atoms with Gasteiger partial charge in [0.2, 0.25) is 0 Å². The molecule has 18 heavy (non-hydrogen) atoms. The largest absolute Gasteiger partial charge is 0.468 e. The van der Waals surface area contributed by atoms with E-state index >= 15 is 0 Å². The number of pyridine rings is 1. The fourth-order valence-corrected chi connectivity index (χ4v) is 1.98. The summed E-state index contributed by atoms with van der Waals surface area (Å²) in [6.07, 6.45) is 3.73. The number of aromatic amines is 1. The SMILES string of the molecule is COC(=O)C(N)Cc1c[nH]c2nccc(Cl)c12.Cl. The lowest BCUT2D eigenvalue weighted by Gasteiger charge is -2.08. The molecule has 1 atom stereocenters. The van der Waals surface area contributed by atoms with Gasteiger partial charge in [0.15, 0.2) is 0 Å². The van der Waals surface area contributed by atoms with Gasteiger partial charge in [0.05, 0.1) is 12.1 Å². The molecule has 0 saturated heterocycles. The third kappa shape index (κ3) is 2.75. The van der Waals surface area contributed by atoms with Crippen LogP contribution >= 0.6 is 24.0 Å². The second kappa shape index (κ2) is 6.04. The molecule has 2 aromatic heterocycles. The fraction of sp³-hybridized carbons (Fsp3) is 0.273. The standard InChI is InChI=1S/C11H12ClN3O2.ClH/c1-17-11(16)8(13)4-6-5-15-10-9(6)7(12)2-3-14-10;/h2-3,5,8H,4,13H2,1H3,(H,14,15);1H. The van der Waals surface area contributed by atoms with Crippen LogP contribution in [0.5, 0.6) is 0 Å². The van der Waals surface area contributed by atoms with Crippen molar-refractivity contribution in [2.24, 2.45) is 5.73 Å². The Bertz CT molecular complexity index is 556. The van der Waals surface area contributed by atoms with Crippen molar-refractivity contribution in [2.75, 3.05) is 7.11 Å². The maximum absolute atomic E-state index is 11.3. The number of hydrogen-bond acceptors (Lipinski definition) is 4. The Hall–Kier alpha value is -1.30. The van der Waals surface area contributed by atoms with Crippen LogP contribution < -0.4 is 5.73 Å². The molecule has 0 radical (unpaired) electrons. The van der Waals surface area contributed by atoms with Gasteiger partial charge < -0.3 is 15.5 Å². The highest BCUT2D eigenvalue weighted by Gasteiger charge is 2.17. The van der Waals surface area contributed by atoms with Crippen molar-refractivity contribution in [3.63, 3.8) is 0 Å². The molecule has 0 aliphatic rings. The molecule has 5 nitrogen and oxygen atoms in total. The summed E-state index contributed by atoms with van der Waals surface area (Å²) in [4.78, 5) is 18.4. The minimum atomic E-state index is -0.699. The van der Waals surface area contributed by atoms with Crippen molar-refractivity contribution >= 4 is 41.0 Å². The second-order valence-electron chi connectivity index (χ2n) is 3.66. The Labute approximate surface area is 115 Å². The number of H-pyrrole nitrogens is 1. The number of aromatic nitrogens is 2. The number of nitrogens with two attached hydrogens (primary N) is 1. The Morgan fingerprint density at radius 2 is 2.39 bits per heavy atom. The summed E-state index contributed by atoms with van der Waals surface area (Å²) in [5.74, 6) is -0.445. The lowest BCUT2D eigenvalue weighted by Crippen LogP contribution is -2.33. The van der Waals surface area contributed by atoms with Crippen LogP contribution in [0.2, 0.25) is 5.02 Å². The fourth-order valence-electron chi connectivity index (χ4n) is 1.71. The topological polar surface area (TPSA) is 81.0 Å².